The molecular formula is C13H18N4O2. The van der Waals surface area contributed by atoms with Crippen LogP contribution in [0.1, 0.15) is 32.1 Å². The van der Waals surface area contributed by atoms with Gasteiger partial charge in [-0.05, 0) is 55.8 Å². The molecule has 0 unspecified atom stereocenters. The minimum atomic E-state index is -0.398. The van der Waals surface area contributed by atoms with Gasteiger partial charge < -0.3 is 10.3 Å². The van der Waals surface area contributed by atoms with Crippen molar-refractivity contribution in [2.75, 3.05) is 5.73 Å². The van der Waals surface area contributed by atoms with Gasteiger partial charge in [0, 0.05) is 0 Å². The number of rotatable bonds is 2. The Morgan fingerprint density at radius 1 is 1.11 bits per heavy atom. The largest absolute Gasteiger partial charge is 0.366 e. The molecule has 0 aromatic carbocycles. The Morgan fingerprint density at radius 3 is 2.26 bits per heavy atom. The molecule has 4 fully saturated rings. The first-order valence-corrected chi connectivity index (χ1v) is 7.08. The number of aromatic amines is 1. The van der Waals surface area contributed by atoms with Crippen LogP contribution in [0.25, 0.3) is 0 Å². The zero-order valence-corrected chi connectivity index (χ0v) is 10.7. The molecule has 4 aliphatic carbocycles. The van der Waals surface area contributed by atoms with Crippen LogP contribution in [0.3, 0.4) is 0 Å². The third-order valence-electron chi connectivity index (χ3n) is 5.17. The SMILES string of the molecule is Nc1o[nH]c(=O)c1N=NC1C2CC3CC(C2)CC1C3. The first kappa shape index (κ1) is 11.3. The molecule has 102 valence electrons. The van der Waals surface area contributed by atoms with Crippen molar-refractivity contribution in [1.29, 1.82) is 0 Å². The van der Waals surface area contributed by atoms with E-state index in [1.54, 1.807) is 0 Å². The maximum atomic E-state index is 11.4. The maximum Gasteiger partial charge on any atom is 0.310 e. The second-order valence-electron chi connectivity index (χ2n) is 6.38. The maximum absolute atomic E-state index is 11.4. The highest BCUT2D eigenvalue weighted by molar-refractivity contribution is 5.52. The minimum Gasteiger partial charge on any atom is -0.366 e. The molecule has 0 spiro atoms. The van der Waals surface area contributed by atoms with Crippen LogP contribution in [-0.2, 0) is 0 Å². The smallest absolute Gasteiger partial charge is 0.310 e. The number of nitrogen functional groups attached to an aromatic ring is 1. The third-order valence-corrected chi connectivity index (χ3v) is 5.17. The van der Waals surface area contributed by atoms with Crippen LogP contribution < -0.4 is 11.3 Å². The van der Waals surface area contributed by atoms with E-state index in [2.05, 4.69) is 15.4 Å². The van der Waals surface area contributed by atoms with Crippen molar-refractivity contribution in [2.24, 2.45) is 33.9 Å². The molecule has 0 aliphatic heterocycles. The van der Waals surface area contributed by atoms with Crippen molar-refractivity contribution >= 4 is 11.6 Å². The Hall–Kier alpha value is -1.59. The van der Waals surface area contributed by atoms with Crippen LogP contribution in [0.5, 0.6) is 0 Å². The topological polar surface area (TPSA) is 96.7 Å². The summed E-state index contributed by atoms with van der Waals surface area (Å²) in [7, 11) is 0. The summed E-state index contributed by atoms with van der Waals surface area (Å²) in [6.45, 7) is 0. The van der Waals surface area contributed by atoms with Gasteiger partial charge in [-0.15, -0.1) is 5.11 Å². The summed E-state index contributed by atoms with van der Waals surface area (Å²) < 4.78 is 4.74. The van der Waals surface area contributed by atoms with E-state index in [1.807, 2.05) is 0 Å². The number of nitrogens with one attached hydrogen (secondary N) is 1. The summed E-state index contributed by atoms with van der Waals surface area (Å²) in [5.41, 5.74) is 5.27. The van der Waals surface area contributed by atoms with Crippen LogP contribution in [0, 0.1) is 23.7 Å². The molecule has 4 bridgehead atoms. The van der Waals surface area contributed by atoms with Gasteiger partial charge in [0.2, 0.25) is 5.69 Å². The highest BCUT2D eigenvalue weighted by Crippen LogP contribution is 2.54. The third kappa shape index (κ3) is 1.73. The van der Waals surface area contributed by atoms with Crippen molar-refractivity contribution in [3.05, 3.63) is 10.4 Å². The Labute approximate surface area is 110 Å². The van der Waals surface area contributed by atoms with Gasteiger partial charge in [-0.3, -0.25) is 4.79 Å². The van der Waals surface area contributed by atoms with Gasteiger partial charge in [0.05, 0.1) is 6.04 Å². The molecule has 0 atom stereocenters. The van der Waals surface area contributed by atoms with E-state index in [4.69, 9.17) is 10.3 Å². The molecule has 19 heavy (non-hydrogen) atoms. The highest BCUT2D eigenvalue weighted by atomic mass is 16.5. The zero-order valence-electron chi connectivity index (χ0n) is 10.7. The Balaban J connectivity index is 1.59. The van der Waals surface area contributed by atoms with Gasteiger partial charge in [0.25, 0.3) is 5.88 Å². The van der Waals surface area contributed by atoms with E-state index in [1.165, 1.54) is 32.1 Å². The number of hydrogen-bond acceptors (Lipinski definition) is 5. The van der Waals surface area contributed by atoms with E-state index < -0.39 is 5.56 Å². The monoisotopic (exact) mass is 262 g/mol. The lowest BCUT2D eigenvalue weighted by molar-refractivity contribution is -0.000944. The quantitative estimate of drug-likeness (QED) is 0.801. The lowest BCUT2D eigenvalue weighted by Gasteiger charge is -2.52. The number of aromatic nitrogens is 1. The van der Waals surface area contributed by atoms with E-state index in [9.17, 15) is 4.79 Å². The average molecular weight is 262 g/mol. The van der Waals surface area contributed by atoms with Gasteiger partial charge in [-0.1, -0.05) is 0 Å². The second kappa shape index (κ2) is 3.95. The molecule has 6 nitrogen and oxygen atoms in total. The van der Waals surface area contributed by atoms with Gasteiger partial charge >= 0.3 is 5.56 Å². The van der Waals surface area contributed by atoms with Gasteiger partial charge in [-0.25, -0.2) is 0 Å². The summed E-state index contributed by atoms with van der Waals surface area (Å²) >= 11 is 0. The van der Waals surface area contributed by atoms with E-state index >= 15 is 0 Å². The predicted octanol–water partition coefficient (Wildman–Crippen LogP) is 2.46. The Kier molecular flexibility index (Phi) is 2.34. The average Bonchev–Trinajstić information content (AvgIpc) is 2.68. The van der Waals surface area contributed by atoms with E-state index in [0.29, 0.717) is 11.8 Å². The van der Waals surface area contributed by atoms with Crippen LogP contribution in [0.2, 0.25) is 0 Å². The van der Waals surface area contributed by atoms with Crippen LogP contribution in [-0.4, -0.2) is 11.2 Å². The highest BCUT2D eigenvalue weighted by Gasteiger charge is 2.48. The van der Waals surface area contributed by atoms with Gasteiger partial charge in [0.1, 0.15) is 0 Å². The Morgan fingerprint density at radius 2 is 1.74 bits per heavy atom. The van der Waals surface area contributed by atoms with Gasteiger partial charge in [0.15, 0.2) is 0 Å². The summed E-state index contributed by atoms with van der Waals surface area (Å²) in [6.07, 6.45) is 6.56. The molecule has 6 heteroatoms. The predicted molar refractivity (Wildman–Crippen MR) is 69.1 cm³/mol. The Bertz CT molecular complexity index is 545. The number of azo groups is 1. The molecule has 1 aromatic rings. The van der Waals surface area contributed by atoms with E-state index in [0.717, 1.165) is 11.8 Å². The molecule has 1 heterocycles. The van der Waals surface area contributed by atoms with Crippen molar-refractivity contribution in [3.8, 4) is 0 Å². The lowest BCUT2D eigenvalue weighted by atomic mass is 9.54. The molecule has 5 rings (SSSR count). The molecule has 0 radical (unpaired) electrons. The number of nitrogens with two attached hydrogens (primary N) is 1. The molecule has 4 aliphatic rings. The summed E-state index contributed by atoms with van der Waals surface area (Å²) in [5.74, 6) is 3.17. The number of anilines is 1. The zero-order chi connectivity index (χ0) is 13.0. The second-order valence-corrected chi connectivity index (χ2v) is 6.38. The minimum absolute atomic E-state index is 0.0255. The molecular weight excluding hydrogens is 244 g/mol. The van der Waals surface area contributed by atoms with Crippen LogP contribution in [0.15, 0.2) is 19.5 Å². The fraction of sp³-hybridized carbons (Fsp3) is 0.769. The normalized spacial score (nSPS) is 40.3. The van der Waals surface area contributed by atoms with E-state index in [-0.39, 0.29) is 17.6 Å². The van der Waals surface area contributed by atoms with Crippen molar-refractivity contribution < 1.29 is 4.52 Å². The first-order chi connectivity index (χ1) is 9.20. The molecule has 0 amide bonds. The van der Waals surface area contributed by atoms with Crippen molar-refractivity contribution in [1.82, 2.24) is 5.16 Å². The lowest BCUT2D eigenvalue weighted by Crippen LogP contribution is -2.47. The van der Waals surface area contributed by atoms with Gasteiger partial charge in [-0.2, -0.15) is 10.3 Å². The molecule has 4 saturated carbocycles. The summed E-state index contributed by atoms with van der Waals surface area (Å²) in [6, 6.07) is 0.279. The van der Waals surface area contributed by atoms with Crippen LogP contribution in [0.4, 0.5) is 11.6 Å². The number of hydrogen-bond donors (Lipinski definition) is 2. The fourth-order valence-corrected chi connectivity index (χ4v) is 4.61. The molecule has 1 aromatic heterocycles. The van der Waals surface area contributed by atoms with Crippen LogP contribution >= 0.6 is 0 Å². The van der Waals surface area contributed by atoms with Crippen molar-refractivity contribution in [2.45, 2.75) is 38.1 Å². The van der Waals surface area contributed by atoms with Crippen molar-refractivity contribution in [3.63, 3.8) is 0 Å². The summed E-state index contributed by atoms with van der Waals surface area (Å²) in [4.78, 5) is 11.4. The summed E-state index contributed by atoms with van der Waals surface area (Å²) in [5, 5.41) is 10.7. The molecule has 3 N–H and O–H groups in total. The number of nitrogens with zero attached hydrogens (tertiary/aromatic N) is 2. The number of H-pyrrole nitrogens is 1. The molecule has 0 saturated heterocycles. The fourth-order valence-electron chi connectivity index (χ4n) is 4.61. The standard InChI is InChI=1S/C13H18N4O2/c14-12-11(13(18)17-19-12)16-15-10-8-2-6-1-7(4-8)5-9(10)3-6/h6-10H,1-5,14H2,(H,17,18). The first-order valence-electron chi connectivity index (χ1n) is 7.08.